The molecular weight excluding hydrogens is 306 g/mol. The fourth-order valence-corrected chi connectivity index (χ4v) is 2.83. The molecule has 6 heteroatoms. The maximum Gasteiger partial charge on any atom is 0.220 e. The maximum absolute atomic E-state index is 11.8. The number of nitrogens with one attached hydrogen (secondary N) is 2. The van der Waals surface area contributed by atoms with Crippen molar-refractivity contribution in [3.63, 3.8) is 0 Å². The van der Waals surface area contributed by atoms with Gasteiger partial charge in [-0.1, -0.05) is 11.6 Å². The Balaban J connectivity index is 1.64. The molecule has 0 bridgehead atoms. The van der Waals surface area contributed by atoms with Gasteiger partial charge < -0.3 is 10.3 Å². The molecule has 0 saturated heterocycles. The average Bonchev–Trinajstić information content (AvgIpc) is 3.00. The number of H-pyrrole nitrogens is 1. The minimum atomic E-state index is -0.0866. The fourth-order valence-electron chi connectivity index (χ4n) is 1.85. The first kappa shape index (κ1) is 15.9. The van der Waals surface area contributed by atoms with Crippen molar-refractivity contribution in [3.05, 3.63) is 47.5 Å². The summed E-state index contributed by atoms with van der Waals surface area (Å²) in [5, 5.41) is 3.67. The van der Waals surface area contributed by atoms with E-state index in [4.69, 9.17) is 11.6 Å². The van der Waals surface area contributed by atoms with Crippen LogP contribution in [0, 0.1) is 0 Å². The lowest BCUT2D eigenvalue weighted by molar-refractivity contribution is -0.121. The van der Waals surface area contributed by atoms with Gasteiger partial charge in [0, 0.05) is 28.7 Å². The average molecular weight is 324 g/mol. The minimum Gasteiger partial charge on any atom is -0.347 e. The number of hydrogen-bond acceptors (Lipinski definition) is 3. The van der Waals surface area contributed by atoms with E-state index >= 15 is 0 Å². The van der Waals surface area contributed by atoms with E-state index in [2.05, 4.69) is 15.3 Å². The van der Waals surface area contributed by atoms with Crippen LogP contribution in [0.4, 0.5) is 0 Å². The zero-order chi connectivity index (χ0) is 15.1. The topological polar surface area (TPSA) is 57.8 Å². The summed E-state index contributed by atoms with van der Waals surface area (Å²) in [5.41, 5.74) is 0. The first-order valence-corrected chi connectivity index (χ1v) is 8.18. The van der Waals surface area contributed by atoms with Crippen LogP contribution in [0.3, 0.4) is 0 Å². The van der Waals surface area contributed by atoms with E-state index in [0.29, 0.717) is 6.42 Å². The van der Waals surface area contributed by atoms with Crippen LogP contribution in [0.15, 0.2) is 41.6 Å². The van der Waals surface area contributed by atoms with Crippen LogP contribution >= 0.6 is 23.4 Å². The molecule has 1 aromatic heterocycles. The predicted octanol–water partition coefficient (Wildman–Crippen LogP) is 3.81. The molecule has 2 rings (SSSR count). The second-order valence-electron chi connectivity index (χ2n) is 4.67. The summed E-state index contributed by atoms with van der Waals surface area (Å²) < 4.78 is 0. The van der Waals surface area contributed by atoms with Crippen molar-refractivity contribution in [2.45, 2.75) is 30.7 Å². The van der Waals surface area contributed by atoms with Gasteiger partial charge in [0.25, 0.3) is 0 Å². The van der Waals surface area contributed by atoms with Crippen LogP contribution < -0.4 is 5.32 Å². The Kier molecular flexibility index (Phi) is 6.14. The van der Waals surface area contributed by atoms with Gasteiger partial charge in [-0.15, -0.1) is 11.8 Å². The lowest BCUT2D eigenvalue weighted by Crippen LogP contribution is -2.27. The number of amides is 1. The molecule has 2 N–H and O–H groups in total. The van der Waals surface area contributed by atoms with Crippen molar-refractivity contribution in [3.8, 4) is 0 Å². The van der Waals surface area contributed by atoms with Gasteiger partial charge >= 0.3 is 0 Å². The summed E-state index contributed by atoms with van der Waals surface area (Å²) in [6, 6.07) is 7.65. The molecule has 2 aromatic rings. The van der Waals surface area contributed by atoms with Gasteiger partial charge in [-0.05, 0) is 43.4 Å². The van der Waals surface area contributed by atoms with Crippen LogP contribution in [0.1, 0.15) is 31.6 Å². The SMILES string of the molecule is CC(NC(=O)CCCSc1ccc(Cl)cc1)c1ncc[nH]1. The number of halogens is 1. The van der Waals surface area contributed by atoms with E-state index in [1.54, 1.807) is 24.2 Å². The van der Waals surface area contributed by atoms with Crippen LogP contribution in [-0.2, 0) is 4.79 Å². The number of carbonyl (C=O) groups excluding carboxylic acids is 1. The third-order valence-electron chi connectivity index (χ3n) is 2.94. The second-order valence-corrected chi connectivity index (χ2v) is 6.27. The van der Waals surface area contributed by atoms with Gasteiger partial charge in [-0.25, -0.2) is 4.98 Å². The molecule has 1 unspecified atom stereocenters. The van der Waals surface area contributed by atoms with Crippen molar-refractivity contribution in [2.75, 3.05) is 5.75 Å². The summed E-state index contributed by atoms with van der Waals surface area (Å²) in [7, 11) is 0. The smallest absolute Gasteiger partial charge is 0.220 e. The van der Waals surface area contributed by atoms with Gasteiger partial charge in [-0.2, -0.15) is 0 Å². The summed E-state index contributed by atoms with van der Waals surface area (Å²) in [5.74, 6) is 1.74. The number of thioether (sulfide) groups is 1. The molecule has 0 radical (unpaired) electrons. The summed E-state index contributed by atoms with van der Waals surface area (Å²) >= 11 is 7.57. The lowest BCUT2D eigenvalue weighted by Gasteiger charge is -2.11. The molecule has 4 nitrogen and oxygen atoms in total. The van der Waals surface area contributed by atoms with Crippen molar-refractivity contribution in [1.29, 1.82) is 0 Å². The van der Waals surface area contributed by atoms with Gasteiger partial charge in [0.1, 0.15) is 5.82 Å². The maximum atomic E-state index is 11.8. The lowest BCUT2D eigenvalue weighted by atomic mass is 10.2. The van der Waals surface area contributed by atoms with E-state index in [0.717, 1.165) is 23.0 Å². The van der Waals surface area contributed by atoms with E-state index in [1.165, 1.54) is 4.90 Å². The normalized spacial score (nSPS) is 12.1. The highest BCUT2D eigenvalue weighted by Gasteiger charge is 2.10. The molecule has 21 heavy (non-hydrogen) atoms. The molecule has 0 saturated carbocycles. The molecule has 0 aliphatic rings. The van der Waals surface area contributed by atoms with Crippen LogP contribution in [-0.4, -0.2) is 21.6 Å². The van der Waals surface area contributed by atoms with Crippen LogP contribution in [0.5, 0.6) is 0 Å². The Morgan fingerprint density at radius 2 is 2.19 bits per heavy atom. The third-order valence-corrected chi connectivity index (χ3v) is 4.29. The molecule has 0 spiro atoms. The Labute approximate surface area is 133 Å². The van der Waals surface area contributed by atoms with E-state index in [9.17, 15) is 4.79 Å². The first-order chi connectivity index (χ1) is 10.1. The minimum absolute atomic E-state index is 0.0515. The molecule has 112 valence electrons. The molecule has 1 heterocycles. The van der Waals surface area contributed by atoms with Crippen molar-refractivity contribution in [2.24, 2.45) is 0 Å². The van der Waals surface area contributed by atoms with Crippen LogP contribution in [0.2, 0.25) is 5.02 Å². The number of carbonyl (C=O) groups is 1. The highest BCUT2D eigenvalue weighted by molar-refractivity contribution is 7.99. The third kappa shape index (κ3) is 5.44. The van der Waals surface area contributed by atoms with E-state index in [-0.39, 0.29) is 11.9 Å². The van der Waals surface area contributed by atoms with Gasteiger partial charge in [0.05, 0.1) is 6.04 Å². The zero-order valence-electron chi connectivity index (χ0n) is 11.8. The summed E-state index contributed by atoms with van der Waals surface area (Å²) in [4.78, 5) is 20.1. The zero-order valence-corrected chi connectivity index (χ0v) is 13.4. The highest BCUT2D eigenvalue weighted by atomic mass is 35.5. The van der Waals surface area contributed by atoms with E-state index < -0.39 is 0 Å². The number of imidazole rings is 1. The molecule has 0 aliphatic carbocycles. The van der Waals surface area contributed by atoms with Gasteiger partial charge in [0.15, 0.2) is 0 Å². The van der Waals surface area contributed by atoms with Crippen LogP contribution in [0.25, 0.3) is 0 Å². The molecule has 1 aromatic carbocycles. The molecule has 0 fully saturated rings. The van der Waals surface area contributed by atoms with Gasteiger partial charge in [-0.3, -0.25) is 4.79 Å². The Hall–Kier alpha value is -1.46. The second kappa shape index (κ2) is 8.10. The molecule has 1 atom stereocenters. The number of benzene rings is 1. The Bertz CT molecular complexity index is 557. The standard InChI is InChI=1S/C15H18ClN3OS/c1-11(15-17-8-9-18-15)19-14(20)3-2-10-21-13-6-4-12(16)5-7-13/h4-9,11H,2-3,10H2,1H3,(H,17,18)(H,19,20). The quantitative estimate of drug-likeness (QED) is 0.601. The molecule has 0 aliphatic heterocycles. The number of nitrogens with zero attached hydrogens (tertiary/aromatic N) is 1. The Morgan fingerprint density at radius 3 is 2.86 bits per heavy atom. The summed E-state index contributed by atoms with van der Waals surface area (Å²) in [6.45, 7) is 1.92. The van der Waals surface area contributed by atoms with Crippen molar-refractivity contribution in [1.82, 2.24) is 15.3 Å². The number of aromatic nitrogens is 2. The molecular formula is C15H18ClN3OS. The Morgan fingerprint density at radius 1 is 1.43 bits per heavy atom. The number of hydrogen-bond donors (Lipinski definition) is 2. The van der Waals surface area contributed by atoms with Crippen molar-refractivity contribution < 1.29 is 4.79 Å². The number of aromatic amines is 1. The number of rotatable bonds is 7. The van der Waals surface area contributed by atoms with Gasteiger partial charge in [0.2, 0.25) is 5.91 Å². The van der Waals surface area contributed by atoms with E-state index in [1.807, 2.05) is 31.2 Å². The summed E-state index contributed by atoms with van der Waals surface area (Å²) in [6.07, 6.45) is 4.79. The largest absolute Gasteiger partial charge is 0.347 e. The fraction of sp³-hybridized carbons (Fsp3) is 0.333. The first-order valence-electron chi connectivity index (χ1n) is 6.82. The highest BCUT2D eigenvalue weighted by Crippen LogP contribution is 2.21. The monoisotopic (exact) mass is 323 g/mol. The predicted molar refractivity (Wildman–Crippen MR) is 86.6 cm³/mol. The van der Waals surface area contributed by atoms with Crippen molar-refractivity contribution >= 4 is 29.3 Å². The molecule has 1 amide bonds.